The van der Waals surface area contributed by atoms with Crippen LogP contribution in [0.5, 0.6) is 6.01 Å². The van der Waals surface area contributed by atoms with Gasteiger partial charge in [0.15, 0.2) is 5.76 Å². The average Bonchev–Trinajstić information content (AvgIpc) is 3.03. The second kappa shape index (κ2) is 5.73. The SMILES string of the molecule is O=C(c1ccco1)N1CCC(Oc2ncccn2)CC1. The number of hydrogen-bond donors (Lipinski definition) is 0. The summed E-state index contributed by atoms with van der Waals surface area (Å²) in [4.78, 5) is 22.0. The maximum Gasteiger partial charge on any atom is 0.316 e. The Hall–Kier alpha value is -2.37. The highest BCUT2D eigenvalue weighted by Gasteiger charge is 2.26. The van der Waals surface area contributed by atoms with Crippen LogP contribution in [0.2, 0.25) is 0 Å². The molecule has 6 nitrogen and oxygen atoms in total. The van der Waals surface area contributed by atoms with Gasteiger partial charge in [-0.1, -0.05) is 0 Å². The van der Waals surface area contributed by atoms with E-state index in [0.717, 1.165) is 12.8 Å². The smallest absolute Gasteiger partial charge is 0.316 e. The van der Waals surface area contributed by atoms with Crippen LogP contribution in [0.25, 0.3) is 0 Å². The number of carbonyl (C=O) groups excluding carboxylic acids is 1. The molecule has 0 radical (unpaired) electrons. The van der Waals surface area contributed by atoms with E-state index in [2.05, 4.69) is 9.97 Å². The standard InChI is InChI=1S/C14H15N3O3/c18-13(12-3-1-10-19-12)17-8-4-11(5-9-17)20-14-15-6-2-7-16-14/h1-3,6-7,10-11H,4-5,8-9H2. The lowest BCUT2D eigenvalue weighted by Gasteiger charge is -2.31. The molecule has 1 aliphatic rings. The van der Waals surface area contributed by atoms with Crippen molar-refractivity contribution >= 4 is 5.91 Å². The van der Waals surface area contributed by atoms with E-state index in [1.165, 1.54) is 6.26 Å². The number of amides is 1. The minimum absolute atomic E-state index is 0.0538. The molecule has 0 saturated carbocycles. The van der Waals surface area contributed by atoms with Crippen molar-refractivity contribution in [2.75, 3.05) is 13.1 Å². The Balaban J connectivity index is 1.53. The minimum Gasteiger partial charge on any atom is -0.460 e. The van der Waals surface area contributed by atoms with Crippen molar-refractivity contribution in [3.8, 4) is 6.01 Å². The summed E-state index contributed by atoms with van der Waals surface area (Å²) in [6.07, 6.45) is 6.40. The maximum atomic E-state index is 12.1. The number of aromatic nitrogens is 2. The van der Waals surface area contributed by atoms with E-state index in [1.54, 1.807) is 35.5 Å². The van der Waals surface area contributed by atoms with Gasteiger partial charge < -0.3 is 14.1 Å². The Morgan fingerprint density at radius 3 is 2.65 bits per heavy atom. The van der Waals surface area contributed by atoms with Crippen LogP contribution in [0.3, 0.4) is 0 Å². The number of ether oxygens (including phenoxy) is 1. The molecule has 0 atom stereocenters. The fourth-order valence-electron chi connectivity index (χ4n) is 2.23. The van der Waals surface area contributed by atoms with Crippen LogP contribution in [0, 0.1) is 0 Å². The van der Waals surface area contributed by atoms with Gasteiger partial charge in [-0.2, -0.15) is 0 Å². The lowest BCUT2D eigenvalue weighted by Crippen LogP contribution is -2.41. The number of nitrogens with zero attached hydrogens (tertiary/aromatic N) is 3. The quantitative estimate of drug-likeness (QED) is 0.852. The molecule has 3 heterocycles. The zero-order valence-corrected chi connectivity index (χ0v) is 10.9. The van der Waals surface area contributed by atoms with E-state index in [4.69, 9.17) is 9.15 Å². The van der Waals surface area contributed by atoms with Gasteiger partial charge in [0, 0.05) is 38.3 Å². The number of carbonyl (C=O) groups is 1. The normalized spacial score (nSPS) is 16.1. The third kappa shape index (κ3) is 2.79. The van der Waals surface area contributed by atoms with Gasteiger partial charge in [0.2, 0.25) is 0 Å². The molecule has 1 fully saturated rings. The Labute approximate surface area is 116 Å². The molecule has 1 saturated heterocycles. The van der Waals surface area contributed by atoms with E-state index < -0.39 is 0 Å². The van der Waals surface area contributed by atoms with Crippen molar-refractivity contribution in [1.29, 1.82) is 0 Å². The molecule has 3 rings (SSSR count). The van der Waals surface area contributed by atoms with Gasteiger partial charge in [0.05, 0.1) is 6.26 Å². The van der Waals surface area contributed by atoms with Crippen LogP contribution in [0.1, 0.15) is 23.4 Å². The van der Waals surface area contributed by atoms with E-state index in [-0.39, 0.29) is 12.0 Å². The summed E-state index contributed by atoms with van der Waals surface area (Å²) in [5.74, 6) is 0.320. The summed E-state index contributed by atoms with van der Waals surface area (Å²) in [5, 5.41) is 0. The highest BCUT2D eigenvalue weighted by Crippen LogP contribution is 2.17. The van der Waals surface area contributed by atoms with Crippen molar-refractivity contribution in [3.05, 3.63) is 42.6 Å². The van der Waals surface area contributed by atoms with Gasteiger partial charge in [-0.3, -0.25) is 4.79 Å². The summed E-state index contributed by atoms with van der Waals surface area (Å²) in [6.45, 7) is 1.30. The number of furan rings is 1. The molecule has 0 N–H and O–H groups in total. The highest BCUT2D eigenvalue weighted by atomic mass is 16.5. The molecule has 2 aromatic heterocycles. The summed E-state index contributed by atoms with van der Waals surface area (Å²) in [6, 6.07) is 5.54. The summed E-state index contributed by atoms with van der Waals surface area (Å²) < 4.78 is 10.8. The zero-order valence-electron chi connectivity index (χ0n) is 10.9. The molecule has 104 valence electrons. The second-order valence-corrected chi connectivity index (χ2v) is 4.62. The molecule has 0 spiro atoms. The van der Waals surface area contributed by atoms with Crippen LogP contribution in [-0.4, -0.2) is 40.0 Å². The van der Waals surface area contributed by atoms with Gasteiger partial charge in [-0.25, -0.2) is 9.97 Å². The van der Waals surface area contributed by atoms with Crippen LogP contribution in [0.15, 0.2) is 41.3 Å². The predicted octanol–water partition coefficient (Wildman–Crippen LogP) is 1.75. The molecule has 0 aliphatic carbocycles. The van der Waals surface area contributed by atoms with Gasteiger partial charge in [0.25, 0.3) is 5.91 Å². The molecule has 1 aliphatic heterocycles. The molecule has 2 aromatic rings. The topological polar surface area (TPSA) is 68.5 Å². The first-order valence-electron chi connectivity index (χ1n) is 6.59. The van der Waals surface area contributed by atoms with E-state index in [0.29, 0.717) is 24.9 Å². The average molecular weight is 273 g/mol. The van der Waals surface area contributed by atoms with E-state index in [1.807, 2.05) is 0 Å². The zero-order chi connectivity index (χ0) is 13.8. The minimum atomic E-state index is -0.0654. The van der Waals surface area contributed by atoms with E-state index >= 15 is 0 Å². The fourth-order valence-corrected chi connectivity index (χ4v) is 2.23. The predicted molar refractivity (Wildman–Crippen MR) is 70.3 cm³/mol. The Bertz CT molecular complexity index is 548. The number of hydrogen-bond acceptors (Lipinski definition) is 5. The molecule has 1 amide bonds. The van der Waals surface area contributed by atoms with Gasteiger partial charge in [0.1, 0.15) is 6.10 Å². The van der Waals surface area contributed by atoms with Crippen LogP contribution < -0.4 is 4.74 Å². The van der Waals surface area contributed by atoms with Crippen LogP contribution in [-0.2, 0) is 0 Å². The molecule has 0 aromatic carbocycles. The Kier molecular flexibility index (Phi) is 3.62. The third-order valence-corrected chi connectivity index (χ3v) is 3.28. The van der Waals surface area contributed by atoms with Crippen molar-refractivity contribution in [3.63, 3.8) is 0 Å². The lowest BCUT2D eigenvalue weighted by molar-refractivity contribution is 0.0551. The lowest BCUT2D eigenvalue weighted by atomic mass is 10.1. The van der Waals surface area contributed by atoms with Crippen LogP contribution >= 0.6 is 0 Å². The highest BCUT2D eigenvalue weighted by molar-refractivity contribution is 5.91. The number of likely N-dealkylation sites (tertiary alicyclic amines) is 1. The summed E-state index contributed by atoms with van der Waals surface area (Å²) >= 11 is 0. The van der Waals surface area contributed by atoms with Gasteiger partial charge in [-0.05, 0) is 18.2 Å². The number of piperidine rings is 1. The van der Waals surface area contributed by atoms with Crippen LogP contribution in [0.4, 0.5) is 0 Å². The van der Waals surface area contributed by atoms with Crippen molar-refractivity contribution in [1.82, 2.24) is 14.9 Å². The Morgan fingerprint density at radius 1 is 1.25 bits per heavy atom. The third-order valence-electron chi connectivity index (χ3n) is 3.28. The van der Waals surface area contributed by atoms with Gasteiger partial charge >= 0.3 is 6.01 Å². The number of rotatable bonds is 3. The molecular weight excluding hydrogens is 258 g/mol. The second-order valence-electron chi connectivity index (χ2n) is 4.62. The molecule has 20 heavy (non-hydrogen) atoms. The summed E-state index contributed by atoms with van der Waals surface area (Å²) in [7, 11) is 0. The van der Waals surface area contributed by atoms with Crippen molar-refractivity contribution in [2.45, 2.75) is 18.9 Å². The molecular formula is C14H15N3O3. The van der Waals surface area contributed by atoms with Gasteiger partial charge in [-0.15, -0.1) is 0 Å². The van der Waals surface area contributed by atoms with E-state index in [9.17, 15) is 4.79 Å². The summed E-state index contributed by atoms with van der Waals surface area (Å²) in [5.41, 5.74) is 0. The first kappa shape index (κ1) is 12.7. The van der Waals surface area contributed by atoms with Crippen molar-refractivity contribution < 1.29 is 13.9 Å². The first-order chi connectivity index (χ1) is 9.83. The van der Waals surface area contributed by atoms with Crippen molar-refractivity contribution in [2.24, 2.45) is 0 Å². The fraction of sp³-hybridized carbons (Fsp3) is 0.357. The first-order valence-corrected chi connectivity index (χ1v) is 6.59. The molecule has 0 bridgehead atoms. The molecule has 6 heteroatoms. The Morgan fingerprint density at radius 2 is 2.00 bits per heavy atom. The molecule has 0 unspecified atom stereocenters. The largest absolute Gasteiger partial charge is 0.460 e. The monoisotopic (exact) mass is 273 g/mol. The maximum absolute atomic E-state index is 12.1.